The molecule has 3 N–H and O–H groups in total. The highest BCUT2D eigenvalue weighted by Crippen LogP contribution is 2.37. The van der Waals surface area contributed by atoms with E-state index < -0.39 is 30.5 Å². The molecule has 0 amide bonds. The van der Waals surface area contributed by atoms with Crippen molar-refractivity contribution in [2.24, 2.45) is 0 Å². The summed E-state index contributed by atoms with van der Waals surface area (Å²) in [6.45, 7) is 1.66. The molecule has 1 saturated heterocycles. The van der Waals surface area contributed by atoms with Crippen LogP contribution < -0.4 is 4.74 Å². The SMILES string of the molecule is COC1CCC(Oc2cc([C@@H]3O[C@H](C)[C@@H](O)[C@H](O)[C@H]3O)ccc2Cl)CC1. The third kappa shape index (κ3) is 4.16. The van der Waals surface area contributed by atoms with Crippen LogP contribution in [0.2, 0.25) is 5.02 Å². The fourth-order valence-electron chi connectivity index (χ4n) is 3.68. The molecular formula is C19H27ClO6. The number of benzene rings is 1. The monoisotopic (exact) mass is 386 g/mol. The quantitative estimate of drug-likeness (QED) is 0.735. The van der Waals surface area contributed by atoms with Crippen molar-refractivity contribution in [3.8, 4) is 5.75 Å². The first-order valence-electron chi connectivity index (χ1n) is 9.09. The second-order valence-electron chi connectivity index (χ2n) is 7.18. The smallest absolute Gasteiger partial charge is 0.138 e. The summed E-state index contributed by atoms with van der Waals surface area (Å²) in [6, 6.07) is 5.18. The summed E-state index contributed by atoms with van der Waals surface area (Å²) < 4.78 is 17.2. The van der Waals surface area contributed by atoms with Crippen molar-refractivity contribution in [3.63, 3.8) is 0 Å². The van der Waals surface area contributed by atoms with Crippen LogP contribution in [0, 0.1) is 0 Å². The van der Waals surface area contributed by atoms with Crippen molar-refractivity contribution >= 4 is 11.6 Å². The van der Waals surface area contributed by atoms with Crippen molar-refractivity contribution in [1.82, 2.24) is 0 Å². The van der Waals surface area contributed by atoms with Crippen LogP contribution in [0.5, 0.6) is 5.75 Å². The van der Waals surface area contributed by atoms with E-state index in [1.165, 1.54) is 0 Å². The zero-order chi connectivity index (χ0) is 18.8. The van der Waals surface area contributed by atoms with Crippen molar-refractivity contribution in [3.05, 3.63) is 28.8 Å². The Morgan fingerprint density at radius 2 is 1.65 bits per heavy atom. The van der Waals surface area contributed by atoms with Gasteiger partial charge in [0.2, 0.25) is 0 Å². The number of aliphatic hydroxyl groups is 3. The topological polar surface area (TPSA) is 88.4 Å². The van der Waals surface area contributed by atoms with Crippen LogP contribution in [0.25, 0.3) is 0 Å². The van der Waals surface area contributed by atoms with E-state index in [4.69, 9.17) is 25.8 Å². The van der Waals surface area contributed by atoms with Gasteiger partial charge in [-0.2, -0.15) is 0 Å². The normalized spacial score (nSPS) is 38.2. The van der Waals surface area contributed by atoms with Gasteiger partial charge in [0.25, 0.3) is 0 Å². The van der Waals surface area contributed by atoms with Gasteiger partial charge in [0, 0.05) is 7.11 Å². The Kier molecular flexibility index (Phi) is 6.43. The minimum absolute atomic E-state index is 0.0673. The molecule has 0 radical (unpaired) electrons. The highest BCUT2D eigenvalue weighted by atomic mass is 35.5. The predicted molar refractivity (Wildman–Crippen MR) is 96.4 cm³/mol. The molecule has 146 valence electrons. The number of halogens is 1. The van der Waals surface area contributed by atoms with Gasteiger partial charge in [-0.15, -0.1) is 0 Å². The van der Waals surface area contributed by atoms with E-state index in [-0.39, 0.29) is 12.2 Å². The van der Waals surface area contributed by atoms with Gasteiger partial charge in [0.1, 0.15) is 30.2 Å². The van der Waals surface area contributed by atoms with Crippen LogP contribution in [0.15, 0.2) is 18.2 Å². The lowest BCUT2D eigenvalue weighted by atomic mass is 9.91. The average molecular weight is 387 g/mol. The molecule has 2 aliphatic rings. The number of hydrogen-bond acceptors (Lipinski definition) is 6. The molecule has 5 atom stereocenters. The average Bonchev–Trinajstić information content (AvgIpc) is 2.65. The lowest BCUT2D eigenvalue weighted by molar-refractivity contribution is -0.219. The molecule has 1 aromatic carbocycles. The highest BCUT2D eigenvalue weighted by Gasteiger charge is 2.42. The summed E-state index contributed by atoms with van der Waals surface area (Å²) >= 11 is 6.28. The van der Waals surface area contributed by atoms with Gasteiger partial charge < -0.3 is 29.5 Å². The van der Waals surface area contributed by atoms with Gasteiger partial charge in [-0.3, -0.25) is 0 Å². The maximum absolute atomic E-state index is 10.3. The second-order valence-corrected chi connectivity index (χ2v) is 7.58. The Hall–Kier alpha value is -0.890. The van der Waals surface area contributed by atoms with Gasteiger partial charge in [0.05, 0.1) is 23.3 Å². The van der Waals surface area contributed by atoms with E-state index in [1.54, 1.807) is 32.2 Å². The van der Waals surface area contributed by atoms with E-state index in [1.807, 2.05) is 0 Å². The summed E-state index contributed by atoms with van der Waals surface area (Å²) in [7, 11) is 1.73. The number of rotatable bonds is 4. The van der Waals surface area contributed by atoms with Crippen molar-refractivity contribution < 1.29 is 29.5 Å². The van der Waals surface area contributed by atoms with Gasteiger partial charge in [-0.05, 0) is 50.3 Å². The molecule has 0 bridgehead atoms. The molecule has 1 heterocycles. The standard InChI is InChI=1S/C19H27ClO6/c1-10-16(21)17(22)18(23)19(25-10)11-3-8-14(20)15(9-11)26-13-6-4-12(24-2)5-7-13/h3,8-10,12-13,16-19,21-23H,4-7H2,1-2H3/t10-,12?,13?,16-,17+,18-,19+/m1/s1. The van der Waals surface area contributed by atoms with Crippen LogP contribution in [-0.2, 0) is 9.47 Å². The minimum atomic E-state index is -1.27. The molecule has 26 heavy (non-hydrogen) atoms. The largest absolute Gasteiger partial charge is 0.489 e. The number of ether oxygens (including phenoxy) is 3. The Balaban J connectivity index is 1.73. The Bertz CT molecular complexity index is 604. The van der Waals surface area contributed by atoms with Crippen LogP contribution in [0.1, 0.15) is 44.3 Å². The zero-order valence-electron chi connectivity index (χ0n) is 15.0. The molecule has 1 aliphatic carbocycles. The number of methoxy groups -OCH3 is 1. The predicted octanol–water partition coefficient (Wildman–Crippen LogP) is 2.22. The summed E-state index contributed by atoms with van der Waals surface area (Å²) in [4.78, 5) is 0. The lowest BCUT2D eigenvalue weighted by Gasteiger charge is -2.39. The molecule has 6 nitrogen and oxygen atoms in total. The Morgan fingerprint density at radius 1 is 1.00 bits per heavy atom. The van der Waals surface area contributed by atoms with E-state index in [0.717, 1.165) is 25.7 Å². The highest BCUT2D eigenvalue weighted by molar-refractivity contribution is 6.32. The fraction of sp³-hybridized carbons (Fsp3) is 0.684. The Morgan fingerprint density at radius 3 is 2.31 bits per heavy atom. The fourth-order valence-corrected chi connectivity index (χ4v) is 3.84. The van der Waals surface area contributed by atoms with Crippen LogP contribution in [0.3, 0.4) is 0 Å². The van der Waals surface area contributed by atoms with Crippen molar-refractivity contribution in [1.29, 1.82) is 0 Å². The summed E-state index contributed by atoms with van der Waals surface area (Å²) in [5.74, 6) is 0.536. The maximum Gasteiger partial charge on any atom is 0.138 e. The van der Waals surface area contributed by atoms with Crippen molar-refractivity contribution in [2.45, 2.75) is 75.3 Å². The number of aliphatic hydroxyl groups excluding tert-OH is 3. The first-order valence-corrected chi connectivity index (χ1v) is 9.47. The molecule has 0 unspecified atom stereocenters. The molecule has 1 aromatic rings. The molecule has 0 spiro atoms. The van der Waals surface area contributed by atoms with Crippen LogP contribution in [-0.4, -0.2) is 59.1 Å². The molecule has 7 heteroatoms. The van der Waals surface area contributed by atoms with Gasteiger partial charge >= 0.3 is 0 Å². The zero-order valence-corrected chi connectivity index (χ0v) is 15.8. The molecule has 3 rings (SSSR count). The molecule has 1 aliphatic heterocycles. The maximum atomic E-state index is 10.3. The molecule has 2 fully saturated rings. The van der Waals surface area contributed by atoms with E-state index >= 15 is 0 Å². The Labute approximate surface area is 158 Å². The second kappa shape index (κ2) is 8.42. The van der Waals surface area contributed by atoms with E-state index in [9.17, 15) is 15.3 Å². The first kappa shape index (κ1) is 19.9. The first-order chi connectivity index (χ1) is 12.4. The van der Waals surface area contributed by atoms with Crippen molar-refractivity contribution in [2.75, 3.05) is 7.11 Å². The summed E-state index contributed by atoms with van der Waals surface area (Å²) in [5.41, 5.74) is 0.653. The summed E-state index contributed by atoms with van der Waals surface area (Å²) in [6.07, 6.45) is -0.937. The van der Waals surface area contributed by atoms with Crippen LogP contribution >= 0.6 is 11.6 Å². The van der Waals surface area contributed by atoms with E-state index in [2.05, 4.69) is 0 Å². The van der Waals surface area contributed by atoms with Gasteiger partial charge in [-0.1, -0.05) is 17.7 Å². The molecule has 1 saturated carbocycles. The summed E-state index contributed by atoms with van der Waals surface area (Å²) in [5, 5.41) is 30.7. The third-order valence-corrected chi connectivity index (χ3v) is 5.70. The third-order valence-electron chi connectivity index (χ3n) is 5.38. The minimum Gasteiger partial charge on any atom is -0.489 e. The lowest BCUT2D eigenvalue weighted by Crippen LogP contribution is -2.53. The van der Waals surface area contributed by atoms with Crippen LogP contribution in [0.4, 0.5) is 0 Å². The van der Waals surface area contributed by atoms with Gasteiger partial charge in [-0.25, -0.2) is 0 Å². The van der Waals surface area contributed by atoms with E-state index in [0.29, 0.717) is 16.3 Å². The van der Waals surface area contributed by atoms with Gasteiger partial charge in [0.15, 0.2) is 0 Å². The number of hydrogen-bond donors (Lipinski definition) is 3. The molecular weight excluding hydrogens is 360 g/mol. The molecule has 0 aromatic heterocycles.